The van der Waals surface area contributed by atoms with Crippen molar-refractivity contribution in [3.63, 3.8) is 0 Å². The van der Waals surface area contributed by atoms with Crippen LogP contribution >= 0.6 is 0 Å². The van der Waals surface area contributed by atoms with E-state index in [1.165, 1.54) is 12.4 Å². The van der Waals surface area contributed by atoms with E-state index in [-0.39, 0.29) is 12.4 Å². The lowest BCUT2D eigenvalue weighted by molar-refractivity contribution is 0.282. The Balaban J connectivity index is 2.46. The third-order valence-electron chi connectivity index (χ3n) is 2.86. The van der Waals surface area contributed by atoms with Crippen LogP contribution in [0.15, 0.2) is 30.6 Å². The summed E-state index contributed by atoms with van der Waals surface area (Å²) in [4.78, 5) is 0. The van der Waals surface area contributed by atoms with Gasteiger partial charge in [0, 0.05) is 5.56 Å². The van der Waals surface area contributed by atoms with Gasteiger partial charge >= 0.3 is 0 Å². The molecule has 0 aliphatic carbocycles. The van der Waals surface area contributed by atoms with Crippen LogP contribution in [0.4, 0.5) is 0 Å². The lowest BCUT2D eigenvalue weighted by Crippen LogP contribution is -2.14. The zero-order chi connectivity index (χ0) is 14.0. The van der Waals surface area contributed by atoms with Crippen LogP contribution in [0, 0.1) is 6.92 Å². The minimum absolute atomic E-state index is 0.00380. The Morgan fingerprint density at radius 1 is 1.26 bits per heavy atom. The number of hydrogen-bond acceptors (Lipinski definition) is 4. The predicted molar refractivity (Wildman–Crippen MR) is 73.2 cm³/mol. The lowest BCUT2D eigenvalue weighted by atomic mass is 10.0. The zero-order valence-corrected chi connectivity index (χ0v) is 11.7. The monoisotopic (exact) mass is 280 g/mol. The molecule has 0 saturated carbocycles. The fourth-order valence-corrected chi connectivity index (χ4v) is 2.59. The number of aryl methyl sites for hydroxylation is 1. The number of nitrogens with zero attached hydrogens (tertiary/aromatic N) is 2. The topological polar surface area (TPSA) is 72.2 Å². The first-order chi connectivity index (χ1) is 8.96. The van der Waals surface area contributed by atoms with Gasteiger partial charge in [-0.05, 0) is 31.0 Å². The molecule has 0 fully saturated rings. The van der Waals surface area contributed by atoms with Crippen molar-refractivity contribution in [1.82, 2.24) is 9.19 Å². The molecular formula is C13H16N2O3S. The summed E-state index contributed by atoms with van der Waals surface area (Å²) in [6.07, 6.45) is 3.01. The molecule has 0 aliphatic rings. The number of aromatic nitrogens is 2. The molecule has 0 bridgehead atoms. The standard InChI is InChI=1S/C13H16N2O3S/c1-3-19(17,18)15-8-13(7-14-15)12-5-10(2)4-11(6-12)9-16/h4-8,16H,3,9H2,1-2H3. The molecule has 5 nitrogen and oxygen atoms in total. The molecular weight excluding hydrogens is 264 g/mol. The molecule has 0 aliphatic heterocycles. The van der Waals surface area contributed by atoms with E-state index in [9.17, 15) is 13.5 Å². The molecule has 2 aromatic rings. The Hall–Kier alpha value is -1.66. The second kappa shape index (κ2) is 5.14. The fourth-order valence-electron chi connectivity index (χ4n) is 1.86. The summed E-state index contributed by atoms with van der Waals surface area (Å²) in [6, 6.07) is 5.64. The molecule has 0 amide bonds. The van der Waals surface area contributed by atoms with Crippen LogP contribution < -0.4 is 0 Å². The fraction of sp³-hybridized carbons (Fsp3) is 0.308. The van der Waals surface area contributed by atoms with E-state index >= 15 is 0 Å². The normalized spacial score (nSPS) is 11.7. The van der Waals surface area contributed by atoms with E-state index in [2.05, 4.69) is 5.10 Å². The van der Waals surface area contributed by atoms with Gasteiger partial charge in [-0.1, -0.05) is 17.7 Å². The molecule has 0 radical (unpaired) electrons. The number of benzene rings is 1. The van der Waals surface area contributed by atoms with Gasteiger partial charge in [0.2, 0.25) is 0 Å². The van der Waals surface area contributed by atoms with Gasteiger partial charge < -0.3 is 5.11 Å². The summed E-state index contributed by atoms with van der Waals surface area (Å²) in [5.41, 5.74) is 3.37. The van der Waals surface area contributed by atoms with E-state index in [0.29, 0.717) is 0 Å². The maximum absolute atomic E-state index is 11.7. The quantitative estimate of drug-likeness (QED) is 0.922. The molecule has 0 spiro atoms. The summed E-state index contributed by atoms with van der Waals surface area (Å²) in [7, 11) is -3.35. The second-order valence-electron chi connectivity index (χ2n) is 4.37. The first-order valence-electron chi connectivity index (χ1n) is 5.96. The highest BCUT2D eigenvalue weighted by Crippen LogP contribution is 2.22. The number of aliphatic hydroxyl groups excluding tert-OH is 1. The van der Waals surface area contributed by atoms with Crippen molar-refractivity contribution in [3.05, 3.63) is 41.7 Å². The van der Waals surface area contributed by atoms with Crippen molar-refractivity contribution in [2.24, 2.45) is 0 Å². The van der Waals surface area contributed by atoms with Gasteiger partial charge in [-0.25, -0.2) is 8.42 Å². The SMILES string of the molecule is CCS(=O)(=O)n1cc(-c2cc(C)cc(CO)c2)cn1. The Morgan fingerprint density at radius 3 is 2.63 bits per heavy atom. The molecule has 0 atom stereocenters. The van der Waals surface area contributed by atoms with Gasteiger partial charge in [-0.3, -0.25) is 0 Å². The van der Waals surface area contributed by atoms with Crippen LogP contribution in [0.5, 0.6) is 0 Å². The van der Waals surface area contributed by atoms with Gasteiger partial charge in [-0.2, -0.15) is 9.19 Å². The molecule has 6 heteroatoms. The largest absolute Gasteiger partial charge is 0.392 e. The number of aliphatic hydroxyl groups is 1. The van der Waals surface area contributed by atoms with Crippen LogP contribution in [0.2, 0.25) is 0 Å². The minimum atomic E-state index is -3.35. The van der Waals surface area contributed by atoms with Crippen LogP contribution in [0.1, 0.15) is 18.1 Å². The van der Waals surface area contributed by atoms with Crippen molar-refractivity contribution >= 4 is 10.0 Å². The highest BCUT2D eigenvalue weighted by Gasteiger charge is 2.12. The Bertz CT molecular complexity index is 690. The second-order valence-corrected chi connectivity index (χ2v) is 6.48. The Morgan fingerprint density at radius 2 is 2.00 bits per heavy atom. The molecule has 19 heavy (non-hydrogen) atoms. The van der Waals surface area contributed by atoms with Gasteiger partial charge in [0.05, 0.1) is 24.8 Å². The Kier molecular flexibility index (Phi) is 3.73. The highest BCUT2D eigenvalue weighted by molar-refractivity contribution is 7.89. The van der Waals surface area contributed by atoms with Crippen molar-refractivity contribution in [1.29, 1.82) is 0 Å². The van der Waals surface area contributed by atoms with Crippen molar-refractivity contribution in [3.8, 4) is 11.1 Å². The minimum Gasteiger partial charge on any atom is -0.392 e. The predicted octanol–water partition coefficient (Wildman–Crippen LogP) is 1.55. The maximum Gasteiger partial charge on any atom is 0.253 e. The first-order valence-corrected chi connectivity index (χ1v) is 7.57. The smallest absolute Gasteiger partial charge is 0.253 e. The average Bonchev–Trinajstić information content (AvgIpc) is 2.88. The van der Waals surface area contributed by atoms with E-state index < -0.39 is 10.0 Å². The summed E-state index contributed by atoms with van der Waals surface area (Å²) in [5, 5.41) is 13.1. The van der Waals surface area contributed by atoms with Crippen LogP contribution in [0.25, 0.3) is 11.1 Å². The molecule has 1 N–H and O–H groups in total. The summed E-state index contributed by atoms with van der Waals surface area (Å²) in [5.74, 6) is 0.00380. The molecule has 1 aromatic heterocycles. The summed E-state index contributed by atoms with van der Waals surface area (Å²) in [6.45, 7) is 3.46. The number of hydrogen-bond donors (Lipinski definition) is 1. The van der Waals surface area contributed by atoms with Crippen LogP contribution in [0.3, 0.4) is 0 Å². The van der Waals surface area contributed by atoms with Crippen LogP contribution in [-0.2, 0) is 16.6 Å². The van der Waals surface area contributed by atoms with Gasteiger partial charge in [0.15, 0.2) is 0 Å². The van der Waals surface area contributed by atoms with Gasteiger partial charge in [0.1, 0.15) is 0 Å². The highest BCUT2D eigenvalue weighted by atomic mass is 32.2. The summed E-state index contributed by atoms with van der Waals surface area (Å²) >= 11 is 0. The molecule has 1 heterocycles. The molecule has 2 rings (SSSR count). The van der Waals surface area contributed by atoms with E-state index in [1.54, 1.807) is 6.92 Å². The van der Waals surface area contributed by atoms with Crippen LogP contribution in [-0.4, -0.2) is 28.5 Å². The zero-order valence-electron chi connectivity index (χ0n) is 10.9. The van der Waals surface area contributed by atoms with Crippen molar-refractivity contribution in [2.75, 3.05) is 5.75 Å². The average molecular weight is 280 g/mol. The third-order valence-corrected chi connectivity index (χ3v) is 4.36. The molecule has 1 aromatic carbocycles. The molecule has 0 saturated heterocycles. The third kappa shape index (κ3) is 2.85. The first kappa shape index (κ1) is 13.8. The van der Waals surface area contributed by atoms with E-state index in [0.717, 1.165) is 26.3 Å². The van der Waals surface area contributed by atoms with E-state index in [1.807, 2.05) is 25.1 Å². The molecule has 0 unspecified atom stereocenters. The number of rotatable bonds is 4. The summed E-state index contributed by atoms with van der Waals surface area (Å²) < 4.78 is 24.4. The van der Waals surface area contributed by atoms with Gasteiger partial charge in [-0.15, -0.1) is 0 Å². The van der Waals surface area contributed by atoms with Gasteiger partial charge in [0.25, 0.3) is 10.0 Å². The van der Waals surface area contributed by atoms with Crippen molar-refractivity contribution in [2.45, 2.75) is 20.5 Å². The maximum atomic E-state index is 11.7. The Labute approximate surface area is 112 Å². The van der Waals surface area contributed by atoms with Crippen molar-refractivity contribution < 1.29 is 13.5 Å². The molecule has 102 valence electrons. The lowest BCUT2D eigenvalue weighted by Gasteiger charge is -2.04. The van der Waals surface area contributed by atoms with E-state index in [4.69, 9.17) is 0 Å².